The van der Waals surface area contributed by atoms with Gasteiger partial charge in [-0.25, -0.2) is 4.79 Å². The fourth-order valence-corrected chi connectivity index (χ4v) is 2.82. The zero-order valence-corrected chi connectivity index (χ0v) is 17.3. The van der Waals surface area contributed by atoms with Crippen LogP contribution in [0.2, 0.25) is 0 Å². The second kappa shape index (κ2) is 10.2. The van der Waals surface area contributed by atoms with Crippen molar-refractivity contribution in [3.63, 3.8) is 0 Å². The number of esters is 1. The van der Waals surface area contributed by atoms with E-state index in [1.54, 1.807) is 24.3 Å². The van der Waals surface area contributed by atoms with Gasteiger partial charge in [0, 0.05) is 19.8 Å². The van der Waals surface area contributed by atoms with Crippen LogP contribution in [0.1, 0.15) is 5.56 Å². The molecule has 3 rings (SSSR count). The number of nitrogens with zero attached hydrogens (tertiary/aromatic N) is 2. The van der Waals surface area contributed by atoms with Gasteiger partial charge in [0.1, 0.15) is 24.4 Å². The molecule has 0 fully saturated rings. The molecule has 0 unspecified atom stereocenters. The molecule has 0 spiro atoms. The summed E-state index contributed by atoms with van der Waals surface area (Å²) in [6.07, 6.45) is 1.07. The summed E-state index contributed by atoms with van der Waals surface area (Å²) in [4.78, 5) is 26.1. The normalized spacial score (nSPS) is 14.9. The van der Waals surface area contributed by atoms with Crippen LogP contribution in [0.4, 0.5) is 5.69 Å². The van der Waals surface area contributed by atoms with Crippen LogP contribution in [0.25, 0.3) is 6.08 Å². The highest BCUT2D eigenvalue weighted by molar-refractivity contribution is 5.98. The Morgan fingerprint density at radius 3 is 2.58 bits per heavy atom. The van der Waals surface area contributed by atoms with Gasteiger partial charge in [-0.05, 0) is 35.9 Å². The molecule has 1 aliphatic rings. The average Bonchev–Trinajstić information content (AvgIpc) is 2.79. The molecule has 160 valence electrons. The van der Waals surface area contributed by atoms with Crippen molar-refractivity contribution < 1.29 is 23.8 Å². The molecule has 0 saturated heterocycles. The summed E-state index contributed by atoms with van der Waals surface area (Å²) in [7, 11) is 3.83. The van der Waals surface area contributed by atoms with E-state index in [-0.39, 0.29) is 18.2 Å². The maximum absolute atomic E-state index is 12.2. The Morgan fingerprint density at radius 2 is 1.90 bits per heavy atom. The van der Waals surface area contributed by atoms with Crippen LogP contribution >= 0.6 is 0 Å². The summed E-state index contributed by atoms with van der Waals surface area (Å²) in [5.41, 5.74) is 1.48. The number of hydrogen-bond donors (Lipinski definition) is 1. The van der Waals surface area contributed by atoms with Gasteiger partial charge in [0.05, 0.1) is 6.54 Å². The highest BCUT2D eigenvalue weighted by Gasteiger charge is 2.21. The molecule has 0 aromatic heterocycles. The van der Waals surface area contributed by atoms with Crippen molar-refractivity contribution in [2.24, 2.45) is 0 Å². The predicted molar refractivity (Wildman–Crippen MR) is 115 cm³/mol. The number of benzene rings is 2. The lowest BCUT2D eigenvalue weighted by Gasteiger charge is -2.26. The van der Waals surface area contributed by atoms with Crippen LogP contribution < -0.4 is 19.7 Å². The number of carbonyl (C=O) groups excluding carboxylic acids is 2. The lowest BCUT2D eigenvalue weighted by atomic mass is 10.1. The van der Waals surface area contributed by atoms with E-state index in [4.69, 9.17) is 14.2 Å². The third-order valence-corrected chi connectivity index (χ3v) is 4.49. The Labute approximate surface area is 180 Å². The van der Waals surface area contributed by atoms with E-state index in [1.165, 1.54) is 6.08 Å². The predicted octanol–water partition coefficient (Wildman–Crippen LogP) is 2.16. The van der Waals surface area contributed by atoms with Crippen LogP contribution in [0, 0.1) is 11.3 Å². The molecule has 0 aliphatic carbocycles. The summed E-state index contributed by atoms with van der Waals surface area (Å²) in [5, 5.41) is 11.9. The Bertz CT molecular complexity index is 1010. The molecular formula is C23H23N3O5. The van der Waals surface area contributed by atoms with Crippen LogP contribution in [0.3, 0.4) is 0 Å². The maximum atomic E-state index is 12.2. The quantitative estimate of drug-likeness (QED) is 0.415. The standard InChI is InChI=1S/C23H23N3O5/c1-26(2)18-9-7-16(8-10-18)11-17(12-24)23(28)30-15-22(27)25-13-19-14-29-20-5-3-4-6-21(20)31-19/h3-11,19H,13-15H2,1-2H3,(H,25,27)/b17-11+/t19-/m0/s1. The second-order valence-corrected chi connectivity index (χ2v) is 7.03. The third kappa shape index (κ3) is 6.00. The van der Waals surface area contributed by atoms with Crippen molar-refractivity contribution in [2.45, 2.75) is 6.10 Å². The summed E-state index contributed by atoms with van der Waals surface area (Å²) < 4.78 is 16.3. The van der Waals surface area contributed by atoms with Crippen LogP contribution in [-0.4, -0.2) is 51.8 Å². The average molecular weight is 421 g/mol. The smallest absolute Gasteiger partial charge is 0.349 e. The van der Waals surface area contributed by atoms with Gasteiger partial charge in [0.2, 0.25) is 0 Å². The largest absolute Gasteiger partial charge is 0.486 e. The lowest BCUT2D eigenvalue weighted by molar-refractivity contribution is -0.144. The molecule has 1 heterocycles. The van der Waals surface area contributed by atoms with Crippen molar-refractivity contribution in [1.29, 1.82) is 5.26 Å². The number of anilines is 1. The molecule has 1 amide bonds. The van der Waals surface area contributed by atoms with E-state index in [0.717, 1.165) is 5.69 Å². The first kappa shape index (κ1) is 21.7. The maximum Gasteiger partial charge on any atom is 0.349 e. The molecule has 0 saturated carbocycles. The second-order valence-electron chi connectivity index (χ2n) is 7.03. The van der Waals surface area contributed by atoms with Crippen LogP contribution in [-0.2, 0) is 14.3 Å². The van der Waals surface area contributed by atoms with E-state index >= 15 is 0 Å². The van der Waals surface area contributed by atoms with Gasteiger partial charge < -0.3 is 24.4 Å². The van der Waals surface area contributed by atoms with Crippen LogP contribution in [0.5, 0.6) is 11.5 Å². The fraction of sp³-hybridized carbons (Fsp3) is 0.261. The zero-order chi connectivity index (χ0) is 22.2. The fourth-order valence-electron chi connectivity index (χ4n) is 2.82. The highest BCUT2D eigenvalue weighted by Crippen LogP contribution is 2.30. The van der Waals surface area contributed by atoms with E-state index < -0.39 is 18.5 Å². The first-order valence-corrected chi connectivity index (χ1v) is 9.67. The van der Waals surface area contributed by atoms with Gasteiger partial charge >= 0.3 is 5.97 Å². The number of rotatable bonds is 7. The molecule has 1 N–H and O–H groups in total. The number of amides is 1. The molecule has 8 nitrogen and oxygen atoms in total. The van der Waals surface area contributed by atoms with Crippen molar-refractivity contribution in [3.05, 3.63) is 59.7 Å². The molecule has 8 heteroatoms. The topological polar surface area (TPSA) is 101 Å². The molecule has 0 bridgehead atoms. The highest BCUT2D eigenvalue weighted by atomic mass is 16.6. The monoisotopic (exact) mass is 421 g/mol. The molecule has 2 aromatic rings. The summed E-state index contributed by atoms with van der Waals surface area (Å²) in [6.45, 7) is -0.00349. The number of para-hydroxylation sites is 2. The molecular weight excluding hydrogens is 398 g/mol. The van der Waals surface area contributed by atoms with E-state index in [9.17, 15) is 14.9 Å². The van der Waals surface area contributed by atoms with Gasteiger partial charge in [-0.1, -0.05) is 24.3 Å². The Hall–Kier alpha value is -3.99. The van der Waals surface area contributed by atoms with Crippen molar-refractivity contribution >= 4 is 23.6 Å². The van der Waals surface area contributed by atoms with Gasteiger partial charge in [0.15, 0.2) is 18.1 Å². The van der Waals surface area contributed by atoms with Gasteiger partial charge in [0.25, 0.3) is 5.91 Å². The summed E-state index contributed by atoms with van der Waals surface area (Å²) in [6, 6.07) is 16.4. The van der Waals surface area contributed by atoms with Gasteiger partial charge in [-0.3, -0.25) is 4.79 Å². The van der Waals surface area contributed by atoms with Crippen LogP contribution in [0.15, 0.2) is 54.1 Å². The number of nitriles is 1. The minimum atomic E-state index is -0.861. The number of hydrogen-bond acceptors (Lipinski definition) is 7. The molecule has 2 aromatic carbocycles. The number of nitrogens with one attached hydrogen (secondary N) is 1. The summed E-state index contributed by atoms with van der Waals surface area (Å²) >= 11 is 0. The summed E-state index contributed by atoms with van der Waals surface area (Å²) in [5.74, 6) is -0.0861. The Kier molecular flexibility index (Phi) is 7.12. The van der Waals surface area contributed by atoms with Crippen molar-refractivity contribution in [1.82, 2.24) is 5.32 Å². The van der Waals surface area contributed by atoms with Crippen molar-refractivity contribution in [3.8, 4) is 17.6 Å². The SMILES string of the molecule is CN(C)c1ccc(/C=C(\C#N)C(=O)OCC(=O)NC[C@H]2COc3ccccc3O2)cc1. The minimum Gasteiger partial charge on any atom is -0.486 e. The number of carbonyl (C=O) groups is 2. The number of ether oxygens (including phenoxy) is 3. The Balaban J connectivity index is 1.46. The van der Waals surface area contributed by atoms with Crippen molar-refractivity contribution in [2.75, 3.05) is 38.8 Å². The minimum absolute atomic E-state index is 0.189. The van der Waals surface area contributed by atoms with Gasteiger partial charge in [-0.15, -0.1) is 0 Å². The zero-order valence-electron chi connectivity index (χ0n) is 17.3. The first-order valence-electron chi connectivity index (χ1n) is 9.67. The van der Waals surface area contributed by atoms with E-state index in [1.807, 2.05) is 49.3 Å². The number of fused-ring (bicyclic) bond motifs is 1. The first-order chi connectivity index (χ1) is 15.0. The third-order valence-electron chi connectivity index (χ3n) is 4.49. The van der Waals surface area contributed by atoms with E-state index in [2.05, 4.69) is 5.32 Å². The molecule has 0 radical (unpaired) electrons. The van der Waals surface area contributed by atoms with E-state index in [0.29, 0.717) is 23.7 Å². The molecule has 1 aliphatic heterocycles. The molecule has 31 heavy (non-hydrogen) atoms. The molecule has 1 atom stereocenters. The lowest BCUT2D eigenvalue weighted by Crippen LogP contribution is -2.42. The van der Waals surface area contributed by atoms with Gasteiger partial charge in [-0.2, -0.15) is 5.26 Å². The Morgan fingerprint density at radius 1 is 1.19 bits per heavy atom.